The molecule has 3 heteroatoms. The summed E-state index contributed by atoms with van der Waals surface area (Å²) in [6.07, 6.45) is 3.40. The highest BCUT2D eigenvalue weighted by Crippen LogP contribution is 2.40. The smallest absolute Gasteiger partial charge is 0.0629 e. The number of hydrogen-bond donors (Lipinski definition) is 2. The molecule has 0 spiro atoms. The van der Waals surface area contributed by atoms with E-state index in [4.69, 9.17) is 4.74 Å². The van der Waals surface area contributed by atoms with Gasteiger partial charge in [0.15, 0.2) is 0 Å². The second-order valence-electron chi connectivity index (χ2n) is 7.11. The van der Waals surface area contributed by atoms with E-state index in [0.717, 1.165) is 32.4 Å². The highest BCUT2D eigenvalue weighted by atomic mass is 16.5. The standard InChI is InChI=1S/C18H24N2O/c1-18(2)11-12(8-10-21-18)16-17-14(7-9-19-16)13-5-3-4-6-15(13)20-17/h3-6,12,16,19-20H,7-11H2,1-2H3/t12-,16+/m1/s1. The average molecular weight is 284 g/mol. The second kappa shape index (κ2) is 4.85. The van der Waals surface area contributed by atoms with Gasteiger partial charge in [-0.05, 0) is 57.2 Å². The fourth-order valence-corrected chi connectivity index (χ4v) is 4.18. The summed E-state index contributed by atoms with van der Waals surface area (Å²) in [7, 11) is 0. The van der Waals surface area contributed by atoms with Gasteiger partial charge in [0.1, 0.15) is 0 Å². The van der Waals surface area contributed by atoms with Crippen molar-refractivity contribution in [1.82, 2.24) is 10.3 Å². The molecule has 1 saturated heterocycles. The third-order valence-corrected chi connectivity index (χ3v) is 5.10. The first-order chi connectivity index (χ1) is 10.1. The zero-order valence-corrected chi connectivity index (χ0v) is 12.9. The number of hydrogen-bond acceptors (Lipinski definition) is 2. The summed E-state index contributed by atoms with van der Waals surface area (Å²) in [6.45, 7) is 6.39. The number of rotatable bonds is 1. The van der Waals surface area contributed by atoms with Gasteiger partial charge in [0.05, 0.1) is 11.6 Å². The lowest BCUT2D eigenvalue weighted by molar-refractivity contribution is -0.0791. The van der Waals surface area contributed by atoms with Crippen LogP contribution in [0, 0.1) is 5.92 Å². The predicted molar refractivity (Wildman–Crippen MR) is 85.5 cm³/mol. The number of fused-ring (bicyclic) bond motifs is 3. The molecule has 3 heterocycles. The normalized spacial score (nSPS) is 28.5. The lowest BCUT2D eigenvalue weighted by atomic mass is 9.80. The summed E-state index contributed by atoms with van der Waals surface area (Å²) in [4.78, 5) is 3.69. The van der Waals surface area contributed by atoms with Crippen LogP contribution in [0.4, 0.5) is 0 Å². The van der Waals surface area contributed by atoms with E-state index in [0.29, 0.717) is 12.0 Å². The Morgan fingerprint density at radius 2 is 2.10 bits per heavy atom. The van der Waals surface area contributed by atoms with Crippen LogP contribution in [0.3, 0.4) is 0 Å². The third-order valence-electron chi connectivity index (χ3n) is 5.10. The number of aromatic amines is 1. The number of aromatic nitrogens is 1. The van der Waals surface area contributed by atoms with Gasteiger partial charge < -0.3 is 15.0 Å². The minimum absolute atomic E-state index is 0.00816. The maximum absolute atomic E-state index is 5.90. The van der Waals surface area contributed by atoms with Crippen LogP contribution in [0.2, 0.25) is 0 Å². The Bertz CT molecular complexity index is 658. The Labute approximate surface area is 126 Å². The summed E-state index contributed by atoms with van der Waals surface area (Å²) in [6, 6.07) is 9.15. The van der Waals surface area contributed by atoms with Gasteiger partial charge in [0.2, 0.25) is 0 Å². The molecular weight excluding hydrogens is 260 g/mol. The van der Waals surface area contributed by atoms with Gasteiger partial charge in [-0.3, -0.25) is 0 Å². The molecule has 21 heavy (non-hydrogen) atoms. The van der Waals surface area contributed by atoms with Gasteiger partial charge in [-0.1, -0.05) is 18.2 Å². The van der Waals surface area contributed by atoms with Crippen LogP contribution in [-0.2, 0) is 11.2 Å². The molecule has 2 N–H and O–H groups in total. The fourth-order valence-electron chi connectivity index (χ4n) is 4.18. The molecule has 112 valence electrons. The van der Waals surface area contributed by atoms with Crippen LogP contribution in [0.15, 0.2) is 24.3 Å². The molecule has 3 nitrogen and oxygen atoms in total. The summed E-state index contributed by atoms with van der Waals surface area (Å²) >= 11 is 0. The predicted octanol–water partition coefficient (Wildman–Crippen LogP) is 3.56. The molecule has 1 aromatic heterocycles. The Hall–Kier alpha value is -1.32. The lowest BCUT2D eigenvalue weighted by Crippen LogP contribution is -2.42. The average Bonchev–Trinajstić information content (AvgIpc) is 2.84. The molecule has 2 aromatic rings. The van der Waals surface area contributed by atoms with Gasteiger partial charge >= 0.3 is 0 Å². The number of para-hydroxylation sites is 1. The summed E-state index contributed by atoms with van der Waals surface area (Å²) < 4.78 is 5.90. The van der Waals surface area contributed by atoms with Crippen molar-refractivity contribution in [3.63, 3.8) is 0 Å². The van der Waals surface area contributed by atoms with Crippen LogP contribution < -0.4 is 5.32 Å². The highest BCUT2D eigenvalue weighted by molar-refractivity contribution is 5.85. The summed E-state index contributed by atoms with van der Waals surface area (Å²) in [5, 5.41) is 5.16. The second-order valence-corrected chi connectivity index (χ2v) is 7.11. The highest BCUT2D eigenvalue weighted by Gasteiger charge is 2.36. The molecule has 0 unspecified atom stereocenters. The summed E-state index contributed by atoms with van der Waals surface area (Å²) in [5.41, 5.74) is 4.24. The van der Waals surface area contributed by atoms with Crippen molar-refractivity contribution in [2.45, 2.75) is 44.8 Å². The molecule has 0 aliphatic carbocycles. The topological polar surface area (TPSA) is 37.0 Å². The molecule has 2 atom stereocenters. The van der Waals surface area contributed by atoms with Gasteiger partial charge in [0, 0.05) is 23.2 Å². The van der Waals surface area contributed by atoms with E-state index in [1.807, 2.05) is 0 Å². The molecule has 0 bridgehead atoms. The van der Waals surface area contributed by atoms with E-state index in [-0.39, 0.29) is 5.60 Å². The Kier molecular flexibility index (Phi) is 3.09. The van der Waals surface area contributed by atoms with E-state index in [9.17, 15) is 0 Å². The van der Waals surface area contributed by atoms with E-state index < -0.39 is 0 Å². The maximum Gasteiger partial charge on any atom is 0.0629 e. The van der Waals surface area contributed by atoms with Gasteiger partial charge in [-0.25, -0.2) is 0 Å². The van der Waals surface area contributed by atoms with Crippen molar-refractivity contribution >= 4 is 10.9 Å². The molecule has 4 rings (SSSR count). The van der Waals surface area contributed by atoms with Crippen molar-refractivity contribution in [2.75, 3.05) is 13.2 Å². The fraction of sp³-hybridized carbons (Fsp3) is 0.556. The van der Waals surface area contributed by atoms with Crippen molar-refractivity contribution < 1.29 is 4.74 Å². The zero-order chi connectivity index (χ0) is 14.4. The molecule has 1 fully saturated rings. The molecule has 0 amide bonds. The van der Waals surface area contributed by atoms with Crippen molar-refractivity contribution in [2.24, 2.45) is 5.92 Å². The number of nitrogens with one attached hydrogen (secondary N) is 2. The van der Waals surface area contributed by atoms with E-state index in [1.165, 1.54) is 22.2 Å². The van der Waals surface area contributed by atoms with E-state index in [1.54, 1.807) is 0 Å². The Morgan fingerprint density at radius 3 is 2.95 bits per heavy atom. The van der Waals surface area contributed by atoms with Crippen molar-refractivity contribution in [3.05, 3.63) is 35.5 Å². The van der Waals surface area contributed by atoms with Gasteiger partial charge in [0.25, 0.3) is 0 Å². The van der Waals surface area contributed by atoms with Crippen LogP contribution in [0.5, 0.6) is 0 Å². The lowest BCUT2D eigenvalue weighted by Gasteiger charge is -2.40. The molecule has 2 aliphatic rings. The Balaban J connectivity index is 1.73. The van der Waals surface area contributed by atoms with E-state index in [2.05, 4.69) is 48.4 Å². The molecular formula is C18H24N2O. The first kappa shape index (κ1) is 13.4. The monoisotopic (exact) mass is 284 g/mol. The zero-order valence-electron chi connectivity index (χ0n) is 12.9. The van der Waals surface area contributed by atoms with Gasteiger partial charge in [-0.15, -0.1) is 0 Å². The number of H-pyrrole nitrogens is 1. The third kappa shape index (κ3) is 2.29. The minimum atomic E-state index is 0.00816. The maximum atomic E-state index is 5.90. The largest absolute Gasteiger partial charge is 0.376 e. The van der Waals surface area contributed by atoms with E-state index >= 15 is 0 Å². The first-order valence-electron chi connectivity index (χ1n) is 8.11. The molecule has 2 aliphatic heterocycles. The van der Waals surface area contributed by atoms with Crippen molar-refractivity contribution in [1.29, 1.82) is 0 Å². The van der Waals surface area contributed by atoms with Crippen LogP contribution in [0.25, 0.3) is 10.9 Å². The number of benzene rings is 1. The molecule has 0 saturated carbocycles. The SMILES string of the molecule is CC1(C)C[C@H]([C@@H]2NCCc3c2[nH]c2ccccc32)CCO1. The van der Waals surface area contributed by atoms with Gasteiger partial charge in [-0.2, -0.15) is 0 Å². The Morgan fingerprint density at radius 1 is 1.24 bits per heavy atom. The summed E-state index contributed by atoms with van der Waals surface area (Å²) in [5.74, 6) is 0.654. The van der Waals surface area contributed by atoms with Crippen LogP contribution in [-0.4, -0.2) is 23.7 Å². The van der Waals surface area contributed by atoms with Crippen LogP contribution >= 0.6 is 0 Å². The molecule has 1 aromatic carbocycles. The minimum Gasteiger partial charge on any atom is -0.376 e. The first-order valence-corrected chi connectivity index (χ1v) is 8.11. The van der Waals surface area contributed by atoms with Crippen LogP contribution in [0.1, 0.15) is 44.0 Å². The quantitative estimate of drug-likeness (QED) is 0.840. The number of ether oxygens (including phenoxy) is 1. The van der Waals surface area contributed by atoms with Crippen molar-refractivity contribution in [3.8, 4) is 0 Å². The molecule has 0 radical (unpaired) electrons.